The number of carbonyl (C=O) groups is 1. The fraction of sp³-hybridized carbons (Fsp3) is 0.952. The van der Waals surface area contributed by atoms with E-state index in [1.165, 1.54) is 25.7 Å². The Morgan fingerprint density at radius 3 is 2.10 bits per heavy atom. The van der Waals surface area contributed by atoms with E-state index >= 15 is 0 Å². The van der Waals surface area contributed by atoms with E-state index in [2.05, 4.69) is 11.4 Å². The largest absolute Gasteiger partial charge is 0.469 e. The monoisotopic (exact) mass is 466 g/mol. The maximum atomic E-state index is 11.6. The van der Waals surface area contributed by atoms with Gasteiger partial charge in [0, 0.05) is 12.8 Å². The van der Waals surface area contributed by atoms with Crippen molar-refractivity contribution in [3.05, 3.63) is 0 Å². The molecule has 2 saturated heterocycles. The highest BCUT2D eigenvalue weighted by Gasteiger charge is 2.47. The lowest BCUT2D eigenvalue weighted by Gasteiger charge is -2.12. The van der Waals surface area contributed by atoms with Crippen LogP contribution >= 0.6 is 7.82 Å². The second kappa shape index (κ2) is 13.9. The molecule has 0 radical (unpaired) electrons. The molecule has 0 bridgehead atoms. The van der Waals surface area contributed by atoms with Gasteiger partial charge < -0.3 is 29.1 Å². The average Bonchev–Trinajstić information content (AvgIpc) is 3.62. The number of phosphoric acid groups is 1. The van der Waals surface area contributed by atoms with Crippen LogP contribution in [0.2, 0.25) is 0 Å². The summed E-state index contributed by atoms with van der Waals surface area (Å²) in [5.74, 6) is -0.431. The van der Waals surface area contributed by atoms with Gasteiger partial charge in [-0.05, 0) is 19.3 Å². The van der Waals surface area contributed by atoms with E-state index in [9.17, 15) is 14.5 Å². The van der Waals surface area contributed by atoms with Gasteiger partial charge in [0.15, 0.2) is 0 Å². The molecule has 0 saturated carbocycles. The number of rotatable bonds is 19. The topological polar surface area (TPSA) is 138 Å². The average molecular weight is 467 g/mol. The summed E-state index contributed by atoms with van der Waals surface area (Å²) in [7, 11) is -4.63. The molecule has 0 aliphatic carbocycles. The summed E-state index contributed by atoms with van der Waals surface area (Å²) in [5, 5.41) is 9.44. The van der Waals surface area contributed by atoms with Crippen LogP contribution in [-0.2, 0) is 28.1 Å². The number of hydrogen-bond donors (Lipinski definition) is 3. The van der Waals surface area contributed by atoms with Crippen LogP contribution in [0.3, 0.4) is 0 Å². The number of aliphatic hydroxyl groups is 1. The number of hydrogen-bond acceptors (Lipinski definition) is 7. The van der Waals surface area contributed by atoms with Gasteiger partial charge in [0.2, 0.25) is 0 Å². The van der Waals surface area contributed by atoms with Gasteiger partial charge >= 0.3 is 13.8 Å². The zero-order valence-electron chi connectivity index (χ0n) is 18.5. The molecule has 2 fully saturated rings. The van der Waals surface area contributed by atoms with Crippen molar-refractivity contribution in [2.24, 2.45) is 0 Å². The third-order valence-electron chi connectivity index (χ3n) is 5.67. The van der Waals surface area contributed by atoms with Crippen molar-refractivity contribution in [3.63, 3.8) is 0 Å². The summed E-state index contributed by atoms with van der Waals surface area (Å²) in [6.45, 7) is 1.29. The Balaban J connectivity index is 1.34. The lowest BCUT2D eigenvalue weighted by atomic mass is 10.0. The van der Waals surface area contributed by atoms with Crippen LogP contribution in [0.1, 0.15) is 84.0 Å². The molecule has 0 amide bonds. The summed E-state index contributed by atoms with van der Waals surface area (Å²) in [4.78, 5) is 28.7. The number of esters is 1. The number of epoxide rings is 2. The van der Waals surface area contributed by atoms with Crippen molar-refractivity contribution in [2.75, 3.05) is 13.2 Å². The molecule has 9 nitrogen and oxygen atoms in total. The maximum Gasteiger partial charge on any atom is 0.469 e. The van der Waals surface area contributed by atoms with E-state index in [1.54, 1.807) is 0 Å². The van der Waals surface area contributed by atoms with Gasteiger partial charge in [-0.1, -0.05) is 51.9 Å². The van der Waals surface area contributed by atoms with Crippen molar-refractivity contribution in [1.82, 2.24) is 0 Å². The van der Waals surface area contributed by atoms with Crippen LogP contribution in [0, 0.1) is 0 Å². The molecule has 10 heteroatoms. The van der Waals surface area contributed by atoms with E-state index in [0.29, 0.717) is 24.4 Å². The van der Waals surface area contributed by atoms with Crippen LogP contribution < -0.4 is 0 Å². The molecule has 182 valence electrons. The van der Waals surface area contributed by atoms with Gasteiger partial charge in [0.05, 0.1) is 31.0 Å². The number of aliphatic hydroxyl groups excluding tert-OH is 1. The minimum atomic E-state index is -4.63. The quantitative estimate of drug-likeness (QED) is 0.113. The summed E-state index contributed by atoms with van der Waals surface area (Å²) >= 11 is 0. The van der Waals surface area contributed by atoms with Crippen LogP contribution in [0.25, 0.3) is 0 Å². The first kappa shape index (κ1) is 26.7. The molecule has 1 unspecified atom stereocenters. The number of ether oxygens (including phenoxy) is 3. The molecule has 2 aliphatic heterocycles. The SMILES string of the molecule is CCCCC[C@H]1O[C@H]1C[C@H]1O[C@H]1CCCCCCCC(=O)OCC(O)COP(=O)(O)O. The zero-order chi connectivity index (χ0) is 22.7. The number of carbonyl (C=O) groups excluding carboxylic acids is 1. The van der Waals surface area contributed by atoms with E-state index in [1.807, 2.05) is 0 Å². The molecule has 31 heavy (non-hydrogen) atoms. The number of unbranched alkanes of at least 4 members (excludes halogenated alkanes) is 6. The number of phosphoric ester groups is 1. The minimum absolute atomic E-state index is 0.265. The molecule has 2 heterocycles. The molecule has 0 aromatic heterocycles. The second-order valence-electron chi connectivity index (χ2n) is 8.59. The fourth-order valence-corrected chi connectivity index (χ4v) is 4.11. The van der Waals surface area contributed by atoms with Gasteiger partial charge in [-0.3, -0.25) is 9.32 Å². The van der Waals surface area contributed by atoms with Crippen molar-refractivity contribution >= 4 is 13.8 Å². The van der Waals surface area contributed by atoms with E-state index in [0.717, 1.165) is 44.9 Å². The third-order valence-corrected chi connectivity index (χ3v) is 6.16. The van der Waals surface area contributed by atoms with Crippen LogP contribution in [0.4, 0.5) is 0 Å². The summed E-state index contributed by atoms with van der Waals surface area (Å²) in [6, 6.07) is 0. The molecule has 3 N–H and O–H groups in total. The van der Waals surface area contributed by atoms with Crippen molar-refractivity contribution < 1.29 is 43.0 Å². The van der Waals surface area contributed by atoms with Crippen LogP contribution in [0.5, 0.6) is 0 Å². The Hall–Kier alpha value is -0.540. The van der Waals surface area contributed by atoms with E-state index in [-0.39, 0.29) is 13.0 Å². The molecule has 0 spiro atoms. The Bertz CT molecular complexity index is 567. The standard InChI is InChI=1S/C21H39O9P/c1-2-3-7-10-17-19(29-17)13-20-18(30-20)11-8-5-4-6-9-12-21(23)27-14-16(22)15-28-31(24,25)26/h16-20,22H,2-15H2,1H3,(H2,24,25,26)/t16?,17-,18+,19+,20-/m1/s1. The molecule has 2 aliphatic rings. The zero-order valence-corrected chi connectivity index (χ0v) is 19.4. The van der Waals surface area contributed by atoms with Gasteiger partial charge in [-0.25, -0.2) is 4.57 Å². The van der Waals surface area contributed by atoms with Crippen molar-refractivity contribution in [1.29, 1.82) is 0 Å². The fourth-order valence-electron chi connectivity index (χ4n) is 3.74. The van der Waals surface area contributed by atoms with Crippen LogP contribution in [0.15, 0.2) is 0 Å². The lowest BCUT2D eigenvalue weighted by molar-refractivity contribution is -0.147. The third kappa shape index (κ3) is 12.9. The smallest absolute Gasteiger partial charge is 0.463 e. The molecular weight excluding hydrogens is 427 g/mol. The molecule has 0 aromatic carbocycles. The van der Waals surface area contributed by atoms with Gasteiger partial charge in [-0.2, -0.15) is 0 Å². The first-order chi connectivity index (χ1) is 14.8. The van der Waals surface area contributed by atoms with E-state index in [4.69, 9.17) is 24.0 Å². The molecule has 2 rings (SSSR count). The van der Waals surface area contributed by atoms with Crippen molar-refractivity contribution in [3.8, 4) is 0 Å². The van der Waals surface area contributed by atoms with Gasteiger partial charge in [-0.15, -0.1) is 0 Å². The summed E-state index contributed by atoms with van der Waals surface area (Å²) in [5.41, 5.74) is 0. The first-order valence-electron chi connectivity index (χ1n) is 11.6. The summed E-state index contributed by atoms with van der Waals surface area (Å²) < 4.78 is 31.0. The Morgan fingerprint density at radius 1 is 0.903 bits per heavy atom. The van der Waals surface area contributed by atoms with Crippen molar-refractivity contribution in [2.45, 2.75) is 114 Å². The Kier molecular flexibility index (Phi) is 12.0. The summed E-state index contributed by atoms with van der Waals surface area (Å²) in [6.07, 6.45) is 12.8. The maximum absolute atomic E-state index is 11.6. The predicted molar refractivity (Wildman–Crippen MR) is 113 cm³/mol. The first-order valence-corrected chi connectivity index (χ1v) is 13.2. The normalized spacial score (nSPS) is 25.9. The molecule has 0 aromatic rings. The van der Waals surface area contributed by atoms with Crippen LogP contribution in [-0.4, -0.2) is 64.6 Å². The van der Waals surface area contributed by atoms with Gasteiger partial charge in [0.1, 0.15) is 12.7 Å². The predicted octanol–water partition coefficient (Wildman–Crippen LogP) is 3.24. The van der Waals surface area contributed by atoms with Gasteiger partial charge in [0.25, 0.3) is 0 Å². The highest BCUT2D eigenvalue weighted by atomic mass is 31.2. The highest BCUT2D eigenvalue weighted by molar-refractivity contribution is 7.46. The molecule has 5 atom stereocenters. The molecular formula is C21H39O9P. The Labute approximate surface area is 185 Å². The van der Waals surface area contributed by atoms with E-state index < -0.39 is 26.5 Å². The Morgan fingerprint density at radius 2 is 1.48 bits per heavy atom. The minimum Gasteiger partial charge on any atom is -0.463 e. The second-order valence-corrected chi connectivity index (χ2v) is 9.83. The lowest BCUT2D eigenvalue weighted by Crippen LogP contribution is -2.23. The highest BCUT2D eigenvalue weighted by Crippen LogP contribution is 2.39.